The summed E-state index contributed by atoms with van der Waals surface area (Å²) in [6.07, 6.45) is 6.22. The molecule has 2 rings (SSSR count). The van der Waals surface area contributed by atoms with E-state index in [1.54, 1.807) is 0 Å². The van der Waals surface area contributed by atoms with E-state index in [2.05, 4.69) is 53.3 Å². The molecule has 1 aliphatic heterocycles. The summed E-state index contributed by atoms with van der Waals surface area (Å²) >= 11 is 3.63. The maximum absolute atomic E-state index is 5.92. The summed E-state index contributed by atoms with van der Waals surface area (Å²) in [5.74, 6) is 1.57. The summed E-state index contributed by atoms with van der Waals surface area (Å²) < 4.78 is 7.00. The molecule has 3 heteroatoms. The molecule has 1 aliphatic rings. The standard InChI is InChI=1S/C17H26BrNO/c1-3-13(2)14-7-8-17(16(18)12-14)20-11-9-15-6-4-5-10-19-15/h7-8,12-13,15,19H,3-6,9-11H2,1-2H3/t13-,15-/m1/s1. The Balaban J connectivity index is 1.83. The van der Waals surface area contributed by atoms with Gasteiger partial charge in [-0.2, -0.15) is 0 Å². The van der Waals surface area contributed by atoms with E-state index in [9.17, 15) is 0 Å². The average molecular weight is 340 g/mol. The van der Waals surface area contributed by atoms with Crippen LogP contribution in [0.2, 0.25) is 0 Å². The van der Waals surface area contributed by atoms with Crippen molar-refractivity contribution in [2.45, 2.75) is 57.9 Å². The van der Waals surface area contributed by atoms with Crippen LogP contribution in [0.3, 0.4) is 0 Å². The second-order valence-electron chi connectivity index (χ2n) is 5.78. The number of hydrogen-bond donors (Lipinski definition) is 1. The normalized spacial score (nSPS) is 20.6. The first-order valence-electron chi connectivity index (χ1n) is 7.86. The number of piperidine rings is 1. The lowest BCUT2D eigenvalue weighted by molar-refractivity contribution is 0.267. The van der Waals surface area contributed by atoms with Gasteiger partial charge in [-0.15, -0.1) is 0 Å². The quantitative estimate of drug-likeness (QED) is 0.797. The van der Waals surface area contributed by atoms with Crippen molar-refractivity contribution in [3.63, 3.8) is 0 Å². The van der Waals surface area contributed by atoms with Gasteiger partial charge in [0.15, 0.2) is 0 Å². The molecule has 0 aromatic heterocycles. The van der Waals surface area contributed by atoms with Crippen molar-refractivity contribution in [1.82, 2.24) is 5.32 Å². The molecule has 0 bridgehead atoms. The van der Waals surface area contributed by atoms with E-state index in [1.165, 1.54) is 31.2 Å². The van der Waals surface area contributed by atoms with Crippen LogP contribution in [0.5, 0.6) is 5.75 Å². The summed E-state index contributed by atoms with van der Waals surface area (Å²) in [7, 11) is 0. The summed E-state index contributed by atoms with van der Waals surface area (Å²) in [4.78, 5) is 0. The summed E-state index contributed by atoms with van der Waals surface area (Å²) in [6.45, 7) is 6.44. The highest BCUT2D eigenvalue weighted by atomic mass is 79.9. The smallest absolute Gasteiger partial charge is 0.133 e. The second-order valence-corrected chi connectivity index (χ2v) is 6.64. The predicted octanol–water partition coefficient (Wildman–Crippen LogP) is 4.87. The number of rotatable bonds is 6. The Hall–Kier alpha value is -0.540. The molecule has 0 amide bonds. The number of benzene rings is 1. The Kier molecular flexibility index (Phi) is 6.37. The Morgan fingerprint density at radius 2 is 2.25 bits per heavy atom. The van der Waals surface area contributed by atoms with Gasteiger partial charge in [0.05, 0.1) is 11.1 Å². The molecule has 2 nitrogen and oxygen atoms in total. The number of nitrogens with one attached hydrogen (secondary N) is 1. The minimum absolute atomic E-state index is 0.604. The molecule has 0 unspecified atom stereocenters. The minimum atomic E-state index is 0.604. The number of hydrogen-bond acceptors (Lipinski definition) is 2. The highest BCUT2D eigenvalue weighted by Crippen LogP contribution is 2.30. The number of halogens is 1. The molecule has 0 saturated carbocycles. The molecule has 1 aromatic rings. The van der Waals surface area contributed by atoms with Gasteiger partial charge in [-0.05, 0) is 71.8 Å². The predicted molar refractivity (Wildman–Crippen MR) is 88.6 cm³/mol. The topological polar surface area (TPSA) is 21.3 Å². The van der Waals surface area contributed by atoms with E-state index in [4.69, 9.17) is 4.74 Å². The van der Waals surface area contributed by atoms with Crippen LogP contribution in [0, 0.1) is 0 Å². The van der Waals surface area contributed by atoms with E-state index in [0.717, 1.165) is 29.8 Å². The van der Waals surface area contributed by atoms with Crippen LogP contribution < -0.4 is 10.1 Å². The monoisotopic (exact) mass is 339 g/mol. The van der Waals surface area contributed by atoms with Crippen LogP contribution in [-0.4, -0.2) is 19.2 Å². The molecule has 0 aliphatic carbocycles. The molecule has 1 N–H and O–H groups in total. The summed E-state index contributed by atoms with van der Waals surface area (Å²) in [5, 5.41) is 3.56. The molecule has 1 saturated heterocycles. The van der Waals surface area contributed by atoms with Crippen molar-refractivity contribution in [2.75, 3.05) is 13.2 Å². The van der Waals surface area contributed by atoms with Gasteiger partial charge in [-0.3, -0.25) is 0 Å². The van der Waals surface area contributed by atoms with Gasteiger partial charge in [0.2, 0.25) is 0 Å². The zero-order chi connectivity index (χ0) is 14.4. The van der Waals surface area contributed by atoms with Crippen molar-refractivity contribution >= 4 is 15.9 Å². The fraction of sp³-hybridized carbons (Fsp3) is 0.647. The van der Waals surface area contributed by atoms with E-state index in [0.29, 0.717) is 12.0 Å². The molecule has 0 spiro atoms. The van der Waals surface area contributed by atoms with E-state index < -0.39 is 0 Å². The lowest BCUT2D eigenvalue weighted by Crippen LogP contribution is -2.35. The molecule has 1 fully saturated rings. The summed E-state index contributed by atoms with van der Waals surface area (Å²) in [5.41, 5.74) is 1.38. The van der Waals surface area contributed by atoms with Gasteiger partial charge in [0.1, 0.15) is 5.75 Å². The lowest BCUT2D eigenvalue weighted by Gasteiger charge is -2.23. The molecule has 20 heavy (non-hydrogen) atoms. The van der Waals surface area contributed by atoms with Crippen molar-refractivity contribution in [2.24, 2.45) is 0 Å². The van der Waals surface area contributed by atoms with Crippen LogP contribution >= 0.6 is 15.9 Å². The number of ether oxygens (including phenoxy) is 1. The van der Waals surface area contributed by atoms with Gasteiger partial charge in [0, 0.05) is 6.04 Å². The van der Waals surface area contributed by atoms with Crippen LogP contribution in [0.25, 0.3) is 0 Å². The van der Waals surface area contributed by atoms with E-state index in [-0.39, 0.29) is 0 Å². The Morgan fingerprint density at radius 3 is 2.90 bits per heavy atom. The fourth-order valence-corrected chi connectivity index (χ4v) is 3.17. The third-order valence-corrected chi connectivity index (χ3v) is 4.89. The van der Waals surface area contributed by atoms with E-state index >= 15 is 0 Å². The summed E-state index contributed by atoms with van der Waals surface area (Å²) in [6, 6.07) is 7.12. The van der Waals surface area contributed by atoms with Crippen LogP contribution in [0.1, 0.15) is 57.4 Å². The van der Waals surface area contributed by atoms with Crippen molar-refractivity contribution < 1.29 is 4.74 Å². The maximum atomic E-state index is 5.92. The van der Waals surface area contributed by atoms with Crippen molar-refractivity contribution in [3.05, 3.63) is 28.2 Å². The molecular weight excluding hydrogens is 314 g/mol. The zero-order valence-electron chi connectivity index (χ0n) is 12.6. The highest BCUT2D eigenvalue weighted by Gasteiger charge is 2.13. The minimum Gasteiger partial charge on any atom is -0.492 e. The molecule has 1 aromatic carbocycles. The first-order chi connectivity index (χ1) is 9.70. The van der Waals surface area contributed by atoms with Gasteiger partial charge < -0.3 is 10.1 Å². The Morgan fingerprint density at radius 1 is 1.40 bits per heavy atom. The van der Waals surface area contributed by atoms with Crippen LogP contribution in [0.15, 0.2) is 22.7 Å². The first-order valence-corrected chi connectivity index (χ1v) is 8.65. The van der Waals surface area contributed by atoms with Gasteiger partial charge in [-0.1, -0.05) is 26.3 Å². The third-order valence-electron chi connectivity index (χ3n) is 4.27. The van der Waals surface area contributed by atoms with Crippen molar-refractivity contribution in [3.8, 4) is 5.75 Å². The van der Waals surface area contributed by atoms with Gasteiger partial charge in [-0.25, -0.2) is 0 Å². The second kappa shape index (κ2) is 8.04. The Labute approximate surface area is 131 Å². The molecule has 0 radical (unpaired) electrons. The lowest BCUT2D eigenvalue weighted by atomic mass is 9.99. The molecule has 2 atom stereocenters. The van der Waals surface area contributed by atoms with E-state index in [1.807, 2.05) is 0 Å². The SMILES string of the molecule is CC[C@@H](C)c1ccc(OCC[C@H]2CCCCN2)c(Br)c1. The highest BCUT2D eigenvalue weighted by molar-refractivity contribution is 9.10. The molecular formula is C17H26BrNO. The Bertz CT molecular complexity index is 415. The third kappa shape index (κ3) is 4.49. The molecule has 112 valence electrons. The van der Waals surface area contributed by atoms with Gasteiger partial charge >= 0.3 is 0 Å². The maximum Gasteiger partial charge on any atom is 0.133 e. The van der Waals surface area contributed by atoms with Crippen LogP contribution in [-0.2, 0) is 0 Å². The first kappa shape index (κ1) is 15.8. The zero-order valence-corrected chi connectivity index (χ0v) is 14.2. The largest absolute Gasteiger partial charge is 0.492 e. The molecule has 1 heterocycles. The van der Waals surface area contributed by atoms with Crippen LogP contribution in [0.4, 0.5) is 0 Å². The average Bonchev–Trinajstić information content (AvgIpc) is 2.49. The van der Waals surface area contributed by atoms with Gasteiger partial charge in [0.25, 0.3) is 0 Å². The van der Waals surface area contributed by atoms with Crippen molar-refractivity contribution in [1.29, 1.82) is 0 Å². The fourth-order valence-electron chi connectivity index (χ4n) is 2.66.